The highest BCUT2D eigenvalue weighted by atomic mass is 35.5. The Morgan fingerprint density at radius 3 is 2.72 bits per heavy atom. The second-order valence-electron chi connectivity index (χ2n) is 7.43. The molecule has 188 valence electrons. The lowest BCUT2D eigenvalue weighted by atomic mass is 10.2. The average molecular weight is 521 g/mol. The van der Waals surface area contributed by atoms with Gasteiger partial charge >= 0.3 is 5.92 Å². The van der Waals surface area contributed by atoms with Gasteiger partial charge in [0.15, 0.2) is 11.5 Å². The van der Waals surface area contributed by atoms with Gasteiger partial charge in [-0.2, -0.15) is 18.9 Å². The Balaban J connectivity index is 1.49. The van der Waals surface area contributed by atoms with Crippen LogP contribution in [0.15, 0.2) is 64.1 Å². The summed E-state index contributed by atoms with van der Waals surface area (Å²) in [5, 5.41) is 23.4. The summed E-state index contributed by atoms with van der Waals surface area (Å²) in [7, 11) is 0. The summed E-state index contributed by atoms with van der Waals surface area (Å²) in [4.78, 5) is 37.2. The number of amides is 1. The Morgan fingerprint density at radius 1 is 1.22 bits per heavy atom. The lowest BCUT2D eigenvalue weighted by Gasteiger charge is -2.26. The molecule has 1 aliphatic heterocycles. The number of hydrazine groups is 1. The van der Waals surface area contributed by atoms with Crippen LogP contribution in [0.3, 0.4) is 0 Å². The third-order valence-electron chi connectivity index (χ3n) is 4.95. The normalized spacial score (nSPS) is 14.3. The molecule has 3 aromatic heterocycles. The second-order valence-corrected chi connectivity index (χ2v) is 7.81. The lowest BCUT2D eigenvalue weighted by Crippen LogP contribution is -2.46. The van der Waals surface area contributed by atoms with Crippen molar-refractivity contribution in [3.05, 3.63) is 75.8 Å². The Labute approximate surface area is 206 Å². The van der Waals surface area contributed by atoms with Gasteiger partial charge in [0.1, 0.15) is 30.3 Å². The highest BCUT2D eigenvalue weighted by Crippen LogP contribution is 2.32. The van der Waals surface area contributed by atoms with Crippen molar-refractivity contribution in [3.8, 4) is 5.75 Å². The zero-order valence-electron chi connectivity index (χ0n) is 18.3. The van der Waals surface area contributed by atoms with Crippen LogP contribution in [0.5, 0.6) is 5.75 Å². The molecule has 16 heteroatoms. The number of nitrogens with one attached hydrogen (secondary N) is 3. The van der Waals surface area contributed by atoms with Gasteiger partial charge in [0, 0.05) is 12.4 Å². The van der Waals surface area contributed by atoms with Crippen molar-refractivity contribution >= 4 is 23.3 Å². The number of aromatic hydroxyl groups is 1. The van der Waals surface area contributed by atoms with E-state index in [-0.39, 0.29) is 11.8 Å². The third kappa shape index (κ3) is 5.52. The Morgan fingerprint density at radius 2 is 2.03 bits per heavy atom. The minimum Gasteiger partial charge on any atom is -0.506 e. The van der Waals surface area contributed by atoms with E-state index in [1.807, 2.05) is 0 Å². The first-order valence-corrected chi connectivity index (χ1v) is 10.7. The molecule has 0 saturated heterocycles. The van der Waals surface area contributed by atoms with Gasteiger partial charge in [-0.25, -0.2) is 10.5 Å². The number of rotatable bonds is 9. The van der Waals surface area contributed by atoms with E-state index in [4.69, 9.17) is 11.6 Å². The number of anilines is 1. The van der Waals surface area contributed by atoms with E-state index in [1.54, 1.807) is 24.4 Å². The summed E-state index contributed by atoms with van der Waals surface area (Å²) in [6.45, 7) is -1.51. The van der Waals surface area contributed by atoms with Crippen LogP contribution in [0.25, 0.3) is 0 Å². The van der Waals surface area contributed by atoms with Gasteiger partial charge in [-0.15, -0.1) is 0 Å². The number of hydrogen-bond acceptors (Lipinski definition) is 11. The Bertz CT molecular complexity index is 1320. The number of hydrogen-bond donors (Lipinski definition) is 4. The molecule has 0 bridgehead atoms. The zero-order chi connectivity index (χ0) is 25.7. The predicted molar refractivity (Wildman–Crippen MR) is 122 cm³/mol. The second kappa shape index (κ2) is 10.6. The van der Waals surface area contributed by atoms with Gasteiger partial charge < -0.3 is 15.7 Å². The molecule has 3 aromatic rings. The van der Waals surface area contributed by atoms with Gasteiger partial charge in [-0.3, -0.25) is 24.1 Å². The maximum atomic E-state index is 14.5. The third-order valence-corrected chi connectivity index (χ3v) is 5.26. The predicted octanol–water partition coefficient (Wildman–Crippen LogP) is 1.56. The van der Waals surface area contributed by atoms with Crippen LogP contribution in [0.4, 0.5) is 14.6 Å². The lowest BCUT2D eigenvalue weighted by molar-refractivity contribution is -0.124. The molecule has 0 aromatic carbocycles. The number of carbonyl (C=O) groups excluding carboxylic acids is 1. The molecule has 0 aliphatic carbocycles. The smallest absolute Gasteiger partial charge is 0.310 e. The summed E-state index contributed by atoms with van der Waals surface area (Å²) in [6, 6.07) is 7.49. The SMILES string of the molecule is O=C(Cn1c(Cl)cnc(NCC(F)(F)c2ncccc2O)c1=O)NC(c1ccccn1)N1CN=NN1. The van der Waals surface area contributed by atoms with Gasteiger partial charge in [0.25, 0.3) is 5.56 Å². The molecule has 0 fully saturated rings. The first-order chi connectivity index (χ1) is 17.3. The van der Waals surface area contributed by atoms with Crippen molar-refractivity contribution in [1.82, 2.24) is 35.4 Å². The van der Waals surface area contributed by atoms with Crippen molar-refractivity contribution in [1.29, 1.82) is 0 Å². The van der Waals surface area contributed by atoms with E-state index < -0.39 is 53.9 Å². The molecular weight excluding hydrogens is 502 g/mol. The minimum absolute atomic E-state index is 0.131. The molecule has 4 heterocycles. The molecule has 0 spiro atoms. The monoisotopic (exact) mass is 520 g/mol. The molecule has 4 N–H and O–H groups in total. The number of nitrogens with zero attached hydrogens (tertiary/aromatic N) is 7. The number of carbonyl (C=O) groups is 1. The summed E-state index contributed by atoms with van der Waals surface area (Å²) in [5.74, 6) is -5.43. The van der Waals surface area contributed by atoms with Crippen LogP contribution in [-0.2, 0) is 17.3 Å². The van der Waals surface area contributed by atoms with Crippen molar-refractivity contribution in [2.75, 3.05) is 18.5 Å². The van der Waals surface area contributed by atoms with Gasteiger partial charge in [0.05, 0.1) is 18.4 Å². The average Bonchev–Trinajstić information content (AvgIpc) is 3.40. The van der Waals surface area contributed by atoms with Crippen LogP contribution in [0.2, 0.25) is 5.15 Å². The molecule has 0 radical (unpaired) electrons. The quantitative estimate of drug-likeness (QED) is 0.328. The van der Waals surface area contributed by atoms with Crippen LogP contribution in [0, 0.1) is 0 Å². The van der Waals surface area contributed by atoms with Crippen molar-refractivity contribution in [2.24, 2.45) is 10.3 Å². The molecule has 4 rings (SSSR count). The van der Waals surface area contributed by atoms with Crippen molar-refractivity contribution in [3.63, 3.8) is 0 Å². The molecule has 1 unspecified atom stereocenters. The van der Waals surface area contributed by atoms with E-state index in [0.29, 0.717) is 5.69 Å². The minimum atomic E-state index is -3.63. The molecule has 36 heavy (non-hydrogen) atoms. The van der Waals surface area contributed by atoms with Crippen LogP contribution < -0.4 is 21.7 Å². The van der Waals surface area contributed by atoms with Crippen molar-refractivity contribution in [2.45, 2.75) is 18.6 Å². The summed E-state index contributed by atoms with van der Waals surface area (Å²) in [6.07, 6.45) is 2.91. The fourth-order valence-electron chi connectivity index (χ4n) is 3.24. The number of pyridine rings is 2. The van der Waals surface area contributed by atoms with Crippen LogP contribution in [-0.4, -0.2) is 48.8 Å². The summed E-state index contributed by atoms with van der Waals surface area (Å²) in [5.41, 5.74) is 1.34. The molecule has 1 amide bonds. The number of aromatic nitrogens is 4. The fourth-order valence-corrected chi connectivity index (χ4v) is 3.43. The summed E-state index contributed by atoms with van der Waals surface area (Å²) < 4.78 is 29.9. The molecule has 1 aliphatic rings. The Kier molecular flexibility index (Phi) is 7.30. The standard InChI is InChI=1S/C20H19ClF2N10O3/c21-14-8-26-17(27-10-20(22,23)16-13(34)5-3-7-25-16)19(36)32(14)9-15(35)29-18(33-11-28-30-31-33)12-4-1-2-6-24-12/h1-8,18,34H,9-11H2,(H,26,27)(H,28,31)(H,29,35). The van der Waals surface area contributed by atoms with E-state index in [9.17, 15) is 23.5 Å². The summed E-state index contributed by atoms with van der Waals surface area (Å²) >= 11 is 6.07. The molecular formula is C20H19ClF2N10O3. The van der Waals surface area contributed by atoms with Crippen molar-refractivity contribution < 1.29 is 18.7 Å². The molecule has 13 nitrogen and oxygen atoms in total. The van der Waals surface area contributed by atoms with E-state index in [0.717, 1.165) is 23.0 Å². The molecule has 1 atom stereocenters. The highest BCUT2D eigenvalue weighted by molar-refractivity contribution is 6.29. The largest absolute Gasteiger partial charge is 0.506 e. The van der Waals surface area contributed by atoms with Gasteiger partial charge in [-0.05, 0) is 24.3 Å². The Hall–Kier alpha value is -4.24. The first-order valence-electron chi connectivity index (χ1n) is 10.4. The van der Waals surface area contributed by atoms with Gasteiger partial charge in [-0.1, -0.05) is 22.9 Å². The topological polar surface area (TPSA) is 162 Å². The van der Waals surface area contributed by atoms with Gasteiger partial charge in [0.2, 0.25) is 5.91 Å². The highest BCUT2D eigenvalue weighted by Gasteiger charge is 2.36. The fraction of sp³-hybridized carbons (Fsp3) is 0.250. The maximum Gasteiger partial charge on any atom is 0.310 e. The van der Waals surface area contributed by atoms with E-state index in [1.165, 1.54) is 11.1 Å². The zero-order valence-corrected chi connectivity index (χ0v) is 19.1. The van der Waals surface area contributed by atoms with E-state index in [2.05, 4.69) is 41.5 Å². The first kappa shape index (κ1) is 24.9. The number of alkyl halides is 2. The van der Waals surface area contributed by atoms with Crippen LogP contribution in [0.1, 0.15) is 17.6 Å². The van der Waals surface area contributed by atoms with E-state index >= 15 is 0 Å². The number of halogens is 3. The van der Waals surface area contributed by atoms with Crippen LogP contribution >= 0.6 is 11.6 Å². The molecule has 0 saturated carbocycles. The maximum absolute atomic E-state index is 14.5.